The Kier molecular flexibility index (Phi) is 4.18. The monoisotopic (exact) mass is 304 g/mol. The minimum Gasteiger partial charge on any atom is -0.487 e. The van der Waals surface area contributed by atoms with E-state index in [-0.39, 0.29) is 22.9 Å². The van der Waals surface area contributed by atoms with E-state index >= 15 is 0 Å². The Morgan fingerprint density at radius 2 is 1.95 bits per heavy atom. The molecule has 0 spiro atoms. The Labute approximate surface area is 117 Å². The first kappa shape index (κ1) is 14.6. The van der Waals surface area contributed by atoms with Gasteiger partial charge in [0.05, 0.1) is 11.2 Å². The molecule has 0 bridgehead atoms. The number of benzene rings is 1. The minimum absolute atomic E-state index is 0.0726. The van der Waals surface area contributed by atoms with Crippen molar-refractivity contribution in [2.24, 2.45) is 0 Å². The molecule has 1 aromatic heterocycles. The third kappa shape index (κ3) is 3.42. The van der Waals surface area contributed by atoms with Crippen molar-refractivity contribution in [3.63, 3.8) is 0 Å². The molecule has 0 unspecified atom stereocenters. The molecule has 0 amide bonds. The van der Waals surface area contributed by atoms with Gasteiger partial charge in [-0.15, -0.1) is 0 Å². The van der Waals surface area contributed by atoms with Crippen LogP contribution in [0.1, 0.15) is 5.56 Å². The fraction of sp³-hybridized carbons (Fsp3) is 0.0833. The van der Waals surface area contributed by atoms with E-state index in [9.17, 15) is 17.3 Å². The van der Waals surface area contributed by atoms with Gasteiger partial charge in [-0.3, -0.25) is 4.98 Å². The summed E-state index contributed by atoms with van der Waals surface area (Å²) < 4.78 is 56.3. The topological polar surface area (TPSA) is 22.1 Å². The molecule has 2 aromatic rings. The summed E-state index contributed by atoms with van der Waals surface area (Å²) in [5, 5.41) is -0.0726. The average Bonchev–Trinajstić information content (AvgIpc) is 2.40. The Morgan fingerprint density at radius 3 is 2.65 bits per heavy atom. The first-order chi connectivity index (χ1) is 9.38. The maximum absolute atomic E-state index is 13.6. The number of hydrogen-bond acceptors (Lipinski definition) is 2. The quantitative estimate of drug-likeness (QED) is 0.637. The molecular weight excluding hydrogens is 296 g/mol. The van der Waals surface area contributed by atoms with Crippen LogP contribution in [0.4, 0.5) is 17.3 Å². The second kappa shape index (κ2) is 5.70. The molecule has 0 N–H and O–H groups in total. The van der Waals surface area contributed by atoms with E-state index in [1.54, 1.807) is 0 Å². The van der Waals surface area contributed by atoms with Crippen LogP contribution in [0, 0.1) is 5.82 Å². The van der Waals surface area contributed by atoms with Gasteiger partial charge in [0.25, 0.3) is 0 Å². The summed E-state index contributed by atoms with van der Waals surface area (Å²) in [7, 11) is 0. The van der Waals surface area contributed by atoms with Crippen molar-refractivity contribution in [2.45, 2.75) is 6.61 Å². The highest BCUT2D eigenvalue weighted by Crippen LogP contribution is 2.20. The van der Waals surface area contributed by atoms with Crippen molar-refractivity contribution >= 4 is 24.0 Å². The highest BCUT2D eigenvalue weighted by atomic mass is 35.5. The lowest BCUT2D eigenvalue weighted by Gasteiger charge is -2.15. The first-order valence-electron chi connectivity index (χ1n) is 5.58. The van der Waals surface area contributed by atoms with Crippen molar-refractivity contribution < 1.29 is 22.1 Å². The summed E-state index contributed by atoms with van der Waals surface area (Å²) in [5.41, 5.74) is -0.713. The molecule has 0 atom stereocenters. The molecule has 0 saturated heterocycles. The average molecular weight is 304 g/mol. The third-order valence-electron chi connectivity index (χ3n) is 2.54. The lowest BCUT2D eigenvalue weighted by molar-refractivity contribution is 0.299. The minimum atomic E-state index is -5.15. The summed E-state index contributed by atoms with van der Waals surface area (Å²) in [5.74, 6) is -0.737. The van der Waals surface area contributed by atoms with E-state index in [0.29, 0.717) is 6.20 Å². The van der Waals surface area contributed by atoms with E-state index in [1.807, 2.05) is 0 Å². The fourth-order valence-corrected chi connectivity index (χ4v) is 1.71. The number of pyridine rings is 1. The summed E-state index contributed by atoms with van der Waals surface area (Å²) in [6.45, 7) is -5.38. The Balaban J connectivity index is 2.13. The van der Waals surface area contributed by atoms with E-state index in [1.165, 1.54) is 18.2 Å². The summed E-state index contributed by atoms with van der Waals surface area (Å²) in [6.07, 6.45) is 1.85. The molecule has 2 rings (SSSR count). The van der Waals surface area contributed by atoms with Crippen molar-refractivity contribution in [1.29, 1.82) is 0 Å². The van der Waals surface area contributed by atoms with E-state index < -0.39 is 18.3 Å². The molecule has 2 nitrogen and oxygen atoms in total. The zero-order valence-electron chi connectivity index (χ0n) is 9.99. The highest BCUT2D eigenvalue weighted by molar-refractivity contribution is 6.73. The van der Waals surface area contributed by atoms with Gasteiger partial charge >= 0.3 is 6.98 Å². The molecule has 0 aliphatic rings. The van der Waals surface area contributed by atoms with Crippen LogP contribution in [0.5, 0.6) is 5.75 Å². The van der Waals surface area contributed by atoms with E-state index in [2.05, 4.69) is 4.98 Å². The van der Waals surface area contributed by atoms with Crippen LogP contribution in [0.15, 0.2) is 36.7 Å². The predicted octanol–water partition coefficient (Wildman–Crippen LogP) is 3.51. The van der Waals surface area contributed by atoms with Crippen molar-refractivity contribution in [3.05, 3.63) is 53.1 Å². The molecule has 0 aliphatic carbocycles. The van der Waals surface area contributed by atoms with Gasteiger partial charge in [0.15, 0.2) is 0 Å². The SMILES string of the molecule is Fc1c(Cl)cccc1COc1cncc([B-](F)(F)F)c1. The smallest absolute Gasteiger partial charge is 0.487 e. The van der Waals surface area contributed by atoms with Crippen molar-refractivity contribution in [3.8, 4) is 5.75 Å². The van der Waals surface area contributed by atoms with E-state index in [4.69, 9.17) is 16.3 Å². The summed E-state index contributed by atoms with van der Waals surface area (Å²) >= 11 is 5.59. The predicted molar refractivity (Wildman–Crippen MR) is 68.7 cm³/mol. The first-order valence-corrected chi connectivity index (χ1v) is 5.96. The second-order valence-electron chi connectivity index (χ2n) is 4.03. The maximum Gasteiger partial charge on any atom is 0.511 e. The van der Waals surface area contributed by atoms with Crippen LogP contribution < -0.4 is 10.2 Å². The number of halogens is 5. The van der Waals surface area contributed by atoms with Gasteiger partial charge in [0, 0.05) is 11.8 Å². The van der Waals surface area contributed by atoms with Gasteiger partial charge in [0.1, 0.15) is 18.2 Å². The zero-order valence-corrected chi connectivity index (χ0v) is 10.7. The van der Waals surface area contributed by atoms with Crippen LogP contribution in [-0.2, 0) is 6.61 Å². The van der Waals surface area contributed by atoms with Gasteiger partial charge < -0.3 is 17.7 Å². The van der Waals surface area contributed by atoms with Crippen LogP contribution in [0.3, 0.4) is 0 Å². The van der Waals surface area contributed by atoms with Crippen LogP contribution >= 0.6 is 11.6 Å². The fourth-order valence-electron chi connectivity index (χ4n) is 1.51. The number of aromatic nitrogens is 1. The van der Waals surface area contributed by atoms with Gasteiger partial charge in [0.2, 0.25) is 0 Å². The lowest BCUT2D eigenvalue weighted by Crippen LogP contribution is -2.34. The van der Waals surface area contributed by atoms with Gasteiger partial charge in [-0.25, -0.2) is 4.39 Å². The van der Waals surface area contributed by atoms with Crippen molar-refractivity contribution in [1.82, 2.24) is 4.98 Å². The van der Waals surface area contributed by atoms with Crippen LogP contribution in [0.2, 0.25) is 5.02 Å². The molecule has 0 aliphatic heterocycles. The molecule has 20 heavy (non-hydrogen) atoms. The van der Waals surface area contributed by atoms with Crippen LogP contribution in [0.25, 0.3) is 0 Å². The number of rotatable bonds is 4. The summed E-state index contributed by atoms with van der Waals surface area (Å²) in [6, 6.07) is 5.16. The van der Waals surface area contributed by atoms with Crippen molar-refractivity contribution in [2.75, 3.05) is 0 Å². The molecule has 1 aromatic carbocycles. The largest absolute Gasteiger partial charge is 0.511 e. The molecule has 106 valence electrons. The highest BCUT2D eigenvalue weighted by Gasteiger charge is 2.26. The Hall–Kier alpha value is -1.76. The lowest BCUT2D eigenvalue weighted by atomic mass is 9.81. The van der Waals surface area contributed by atoms with Gasteiger partial charge in [-0.05, 0) is 12.1 Å². The Bertz CT molecular complexity index is 621. The third-order valence-corrected chi connectivity index (χ3v) is 2.83. The standard InChI is InChI=1S/C12H8BClF4NO/c14-11-3-1-2-8(12(11)15)7-20-10-4-9(5-19-6-10)13(16,17)18/h1-6H,7H2/q-1. The van der Waals surface area contributed by atoms with Gasteiger partial charge in [-0.1, -0.05) is 29.2 Å². The number of hydrogen-bond donors (Lipinski definition) is 0. The molecule has 0 fully saturated rings. The second-order valence-corrected chi connectivity index (χ2v) is 4.44. The molecule has 0 saturated carbocycles. The maximum atomic E-state index is 13.6. The normalized spacial score (nSPS) is 11.4. The zero-order chi connectivity index (χ0) is 14.8. The summed E-state index contributed by atoms with van der Waals surface area (Å²) in [4.78, 5) is 3.45. The molecular formula is C12H8BClF4NO-. The Morgan fingerprint density at radius 1 is 1.20 bits per heavy atom. The molecule has 8 heteroatoms. The van der Waals surface area contributed by atoms with Crippen LogP contribution in [-0.4, -0.2) is 12.0 Å². The molecule has 0 radical (unpaired) electrons. The number of ether oxygens (including phenoxy) is 1. The van der Waals surface area contributed by atoms with E-state index in [0.717, 1.165) is 12.3 Å². The van der Waals surface area contributed by atoms with Gasteiger partial charge in [-0.2, -0.15) is 0 Å². The number of nitrogens with zero attached hydrogens (tertiary/aromatic N) is 1. The molecule has 1 heterocycles.